The first-order chi connectivity index (χ1) is 15.3. The van der Waals surface area contributed by atoms with E-state index in [1.165, 1.54) is 18.2 Å². The number of ether oxygens (including phenoxy) is 1. The van der Waals surface area contributed by atoms with Crippen LogP contribution in [0.15, 0.2) is 66.3 Å². The smallest absolute Gasteiger partial charge is 0.418 e. The number of hydrogen-bond donors (Lipinski definition) is 1. The Kier molecular flexibility index (Phi) is 7.57. The van der Waals surface area contributed by atoms with Gasteiger partial charge in [0.1, 0.15) is 11.6 Å². The molecule has 6 nitrogen and oxygen atoms in total. The molecule has 168 valence electrons. The van der Waals surface area contributed by atoms with Crippen LogP contribution in [-0.4, -0.2) is 33.5 Å². The summed E-state index contributed by atoms with van der Waals surface area (Å²) in [5.74, 6) is 0.733. The molecule has 0 spiro atoms. The Morgan fingerprint density at radius 3 is 2.56 bits per heavy atom. The zero-order valence-electron chi connectivity index (χ0n) is 17.2. The van der Waals surface area contributed by atoms with Crippen molar-refractivity contribution in [3.63, 3.8) is 0 Å². The molecule has 0 fully saturated rings. The first-order valence-corrected chi connectivity index (χ1v) is 10.5. The van der Waals surface area contributed by atoms with Crippen LogP contribution < -0.4 is 10.1 Å². The summed E-state index contributed by atoms with van der Waals surface area (Å²) in [7, 11) is 1.59. The van der Waals surface area contributed by atoms with E-state index in [1.54, 1.807) is 13.2 Å². The van der Waals surface area contributed by atoms with Crippen molar-refractivity contribution in [3.8, 4) is 5.75 Å². The molecule has 0 bridgehead atoms. The summed E-state index contributed by atoms with van der Waals surface area (Å²) in [6.45, 7) is 4.17. The van der Waals surface area contributed by atoms with Crippen molar-refractivity contribution < 1.29 is 22.7 Å². The molecule has 1 N–H and O–H groups in total. The van der Waals surface area contributed by atoms with Gasteiger partial charge in [-0.3, -0.25) is 4.79 Å². The Morgan fingerprint density at radius 2 is 1.91 bits per heavy atom. The number of para-hydroxylation sites is 1. The number of nitrogens with one attached hydrogen (secondary N) is 1. The topological polar surface area (TPSA) is 69.0 Å². The summed E-state index contributed by atoms with van der Waals surface area (Å²) >= 11 is 1.09. The number of halogens is 3. The molecule has 0 atom stereocenters. The van der Waals surface area contributed by atoms with Gasteiger partial charge in [-0.25, -0.2) is 0 Å². The minimum absolute atomic E-state index is 0.121. The van der Waals surface area contributed by atoms with Crippen LogP contribution in [0.25, 0.3) is 0 Å². The zero-order chi connectivity index (χ0) is 23.1. The summed E-state index contributed by atoms with van der Waals surface area (Å²) in [5.41, 5.74) is -0.171. The number of benzene rings is 2. The highest BCUT2D eigenvalue weighted by Crippen LogP contribution is 2.34. The molecule has 0 unspecified atom stereocenters. The fourth-order valence-corrected chi connectivity index (χ4v) is 3.72. The molecule has 0 aliphatic rings. The Bertz CT molecular complexity index is 1080. The summed E-state index contributed by atoms with van der Waals surface area (Å²) < 4.78 is 46.3. The minimum Gasteiger partial charge on any atom is -0.497 e. The third-order valence-electron chi connectivity index (χ3n) is 4.47. The number of thioether (sulfide) groups is 1. The molecule has 0 saturated carbocycles. The molecular formula is C22H21F3N4O2S. The Hall–Kier alpha value is -3.27. The molecule has 0 aliphatic heterocycles. The lowest BCUT2D eigenvalue weighted by Crippen LogP contribution is -2.18. The van der Waals surface area contributed by atoms with Gasteiger partial charge in [-0.15, -0.1) is 16.8 Å². The number of allylic oxidation sites excluding steroid dienone is 1. The highest BCUT2D eigenvalue weighted by atomic mass is 32.2. The van der Waals surface area contributed by atoms with Gasteiger partial charge >= 0.3 is 6.18 Å². The van der Waals surface area contributed by atoms with Crippen LogP contribution >= 0.6 is 11.8 Å². The molecule has 0 aliphatic carbocycles. The van der Waals surface area contributed by atoms with Crippen molar-refractivity contribution >= 4 is 23.4 Å². The second-order valence-electron chi connectivity index (χ2n) is 6.70. The third-order valence-corrected chi connectivity index (χ3v) is 5.43. The van der Waals surface area contributed by atoms with E-state index in [1.807, 2.05) is 28.8 Å². The van der Waals surface area contributed by atoms with E-state index in [4.69, 9.17) is 4.74 Å². The maximum Gasteiger partial charge on any atom is 0.418 e. The Balaban J connectivity index is 1.68. The minimum atomic E-state index is -4.56. The van der Waals surface area contributed by atoms with Gasteiger partial charge in [-0.2, -0.15) is 13.2 Å². The van der Waals surface area contributed by atoms with Crippen molar-refractivity contribution in [1.82, 2.24) is 14.8 Å². The Labute approximate surface area is 187 Å². The molecule has 3 aromatic rings. The predicted octanol–water partition coefficient (Wildman–Crippen LogP) is 4.81. The van der Waals surface area contributed by atoms with Crippen molar-refractivity contribution in [2.45, 2.75) is 24.3 Å². The van der Waals surface area contributed by atoms with Crippen molar-refractivity contribution in [2.24, 2.45) is 0 Å². The molecule has 1 heterocycles. The van der Waals surface area contributed by atoms with Crippen LogP contribution in [0, 0.1) is 0 Å². The molecule has 0 saturated heterocycles. The van der Waals surface area contributed by atoms with Gasteiger partial charge in [0.25, 0.3) is 0 Å². The van der Waals surface area contributed by atoms with Gasteiger partial charge in [0, 0.05) is 13.0 Å². The molecule has 1 amide bonds. The average molecular weight is 462 g/mol. The lowest BCUT2D eigenvalue weighted by molar-refractivity contribution is -0.137. The lowest BCUT2D eigenvalue weighted by atomic mass is 10.1. The van der Waals surface area contributed by atoms with E-state index < -0.39 is 17.6 Å². The van der Waals surface area contributed by atoms with Gasteiger partial charge in [0.2, 0.25) is 5.91 Å². The van der Waals surface area contributed by atoms with Gasteiger partial charge in [-0.05, 0) is 29.8 Å². The molecule has 32 heavy (non-hydrogen) atoms. The van der Waals surface area contributed by atoms with Crippen LogP contribution in [0.5, 0.6) is 5.75 Å². The van der Waals surface area contributed by atoms with Crippen LogP contribution in [0.4, 0.5) is 18.9 Å². The monoisotopic (exact) mass is 462 g/mol. The number of alkyl halides is 3. The van der Waals surface area contributed by atoms with E-state index in [-0.39, 0.29) is 11.4 Å². The fraction of sp³-hybridized carbons (Fsp3) is 0.227. The van der Waals surface area contributed by atoms with E-state index in [9.17, 15) is 18.0 Å². The number of aromatic nitrogens is 3. The van der Waals surface area contributed by atoms with Crippen LogP contribution in [0.1, 0.15) is 17.0 Å². The van der Waals surface area contributed by atoms with Crippen LogP contribution in [-0.2, 0) is 23.9 Å². The van der Waals surface area contributed by atoms with Gasteiger partial charge in [0.15, 0.2) is 5.16 Å². The third kappa shape index (κ3) is 5.91. The van der Waals surface area contributed by atoms with Crippen molar-refractivity contribution in [1.29, 1.82) is 0 Å². The number of anilines is 1. The molecule has 3 rings (SSSR count). The Morgan fingerprint density at radius 1 is 1.19 bits per heavy atom. The van der Waals surface area contributed by atoms with E-state index in [0.717, 1.165) is 29.1 Å². The number of hydrogen-bond acceptors (Lipinski definition) is 5. The highest BCUT2D eigenvalue weighted by Gasteiger charge is 2.33. The highest BCUT2D eigenvalue weighted by molar-refractivity contribution is 7.99. The van der Waals surface area contributed by atoms with Gasteiger partial charge in [-0.1, -0.05) is 42.1 Å². The van der Waals surface area contributed by atoms with Gasteiger partial charge < -0.3 is 14.6 Å². The summed E-state index contributed by atoms with van der Waals surface area (Å²) in [4.78, 5) is 12.3. The standard InChI is InChI=1S/C22H21F3N4O2S/c1-3-12-29-19(13-15-8-10-16(31-2)11-9-15)27-28-21(29)32-14-20(30)26-18-7-5-4-6-17(18)22(23,24)25/h3-11H,1,12-14H2,2H3,(H,26,30). The molecule has 0 radical (unpaired) electrons. The first-order valence-electron chi connectivity index (χ1n) is 9.56. The SMILES string of the molecule is C=CCn1c(Cc2ccc(OC)cc2)nnc1SCC(=O)Nc1ccccc1C(F)(F)F. The van der Waals surface area contributed by atoms with Gasteiger partial charge in [0.05, 0.1) is 24.1 Å². The van der Waals surface area contributed by atoms with Crippen LogP contribution in [0.2, 0.25) is 0 Å². The number of carbonyl (C=O) groups is 1. The molecule has 10 heteroatoms. The van der Waals surface area contributed by atoms with Crippen LogP contribution in [0.3, 0.4) is 0 Å². The summed E-state index contributed by atoms with van der Waals surface area (Å²) in [6, 6.07) is 12.4. The van der Waals surface area contributed by atoms with E-state index in [0.29, 0.717) is 23.9 Å². The van der Waals surface area contributed by atoms with E-state index in [2.05, 4.69) is 22.1 Å². The largest absolute Gasteiger partial charge is 0.497 e. The number of amides is 1. The molecule has 1 aromatic heterocycles. The number of rotatable bonds is 9. The predicted molar refractivity (Wildman–Crippen MR) is 117 cm³/mol. The molecular weight excluding hydrogens is 441 g/mol. The molecule has 2 aromatic carbocycles. The quantitative estimate of drug-likeness (QED) is 0.365. The maximum atomic E-state index is 13.1. The number of methoxy groups -OCH3 is 1. The normalized spacial score (nSPS) is 11.2. The fourth-order valence-electron chi connectivity index (χ4n) is 2.95. The number of carbonyl (C=O) groups excluding carboxylic acids is 1. The maximum absolute atomic E-state index is 13.1. The number of nitrogens with zero attached hydrogens (tertiary/aromatic N) is 3. The average Bonchev–Trinajstić information content (AvgIpc) is 3.14. The zero-order valence-corrected chi connectivity index (χ0v) is 18.0. The van der Waals surface area contributed by atoms with Crippen molar-refractivity contribution in [3.05, 3.63) is 78.1 Å². The second kappa shape index (κ2) is 10.4. The van der Waals surface area contributed by atoms with Crippen molar-refractivity contribution in [2.75, 3.05) is 18.2 Å². The first kappa shape index (κ1) is 23.4. The summed E-state index contributed by atoms with van der Waals surface area (Å²) in [5, 5.41) is 11.2. The second-order valence-corrected chi connectivity index (χ2v) is 7.65. The summed E-state index contributed by atoms with van der Waals surface area (Å²) in [6.07, 6.45) is -2.36. The lowest BCUT2D eigenvalue weighted by Gasteiger charge is -2.13. The van der Waals surface area contributed by atoms with E-state index >= 15 is 0 Å².